The first-order valence-corrected chi connectivity index (χ1v) is 4.95. The smallest absolute Gasteiger partial charge is 0.0380 e. The van der Waals surface area contributed by atoms with Crippen molar-refractivity contribution in [3.63, 3.8) is 0 Å². The molecule has 13 heavy (non-hydrogen) atoms. The van der Waals surface area contributed by atoms with Crippen LogP contribution in [0.5, 0.6) is 0 Å². The Kier molecular flexibility index (Phi) is 1.83. The minimum atomic E-state index is 0.339. The monoisotopic (exact) mass is 175 g/mol. The van der Waals surface area contributed by atoms with E-state index in [1.54, 1.807) is 0 Å². The van der Waals surface area contributed by atoms with Crippen LogP contribution in [0.25, 0.3) is 0 Å². The van der Waals surface area contributed by atoms with Gasteiger partial charge in [-0.05, 0) is 36.0 Å². The first kappa shape index (κ1) is 8.61. The summed E-state index contributed by atoms with van der Waals surface area (Å²) in [4.78, 5) is 0. The molecule has 1 heteroatoms. The summed E-state index contributed by atoms with van der Waals surface area (Å²) >= 11 is 0. The third-order valence-corrected chi connectivity index (χ3v) is 3.02. The Hall–Kier alpha value is -0.980. The highest BCUT2D eigenvalue weighted by Gasteiger charge is 2.28. The summed E-state index contributed by atoms with van der Waals surface area (Å²) in [7, 11) is 0. The molecule has 1 aliphatic heterocycles. The van der Waals surface area contributed by atoms with E-state index in [1.165, 1.54) is 23.2 Å². The number of rotatable bonds is 0. The first-order valence-electron chi connectivity index (χ1n) is 4.95. The van der Waals surface area contributed by atoms with Gasteiger partial charge >= 0.3 is 0 Å². The van der Waals surface area contributed by atoms with E-state index in [0.717, 1.165) is 6.54 Å². The maximum Gasteiger partial charge on any atom is 0.0380 e. The van der Waals surface area contributed by atoms with Crippen LogP contribution in [0.1, 0.15) is 31.4 Å². The summed E-state index contributed by atoms with van der Waals surface area (Å²) in [5.74, 6) is 0. The molecule has 1 aromatic carbocycles. The molecular formula is C12H17N. The normalized spacial score (nSPS) is 19.0. The quantitative estimate of drug-likeness (QED) is 0.639. The van der Waals surface area contributed by atoms with Crippen LogP contribution in [-0.2, 0) is 5.41 Å². The average Bonchev–Trinajstić information content (AvgIpc) is 2.02. The molecule has 0 bridgehead atoms. The van der Waals surface area contributed by atoms with Gasteiger partial charge in [0.15, 0.2) is 0 Å². The second-order valence-electron chi connectivity index (χ2n) is 4.56. The van der Waals surface area contributed by atoms with Crippen LogP contribution in [0.3, 0.4) is 0 Å². The second-order valence-corrected chi connectivity index (χ2v) is 4.56. The molecule has 0 aromatic heterocycles. The molecule has 0 fully saturated rings. The van der Waals surface area contributed by atoms with Gasteiger partial charge in [0.2, 0.25) is 0 Å². The highest BCUT2D eigenvalue weighted by Crippen LogP contribution is 2.38. The molecular weight excluding hydrogens is 158 g/mol. The molecule has 0 unspecified atom stereocenters. The van der Waals surface area contributed by atoms with Gasteiger partial charge < -0.3 is 5.32 Å². The van der Waals surface area contributed by atoms with Crippen molar-refractivity contribution in [3.8, 4) is 0 Å². The van der Waals surface area contributed by atoms with Crippen LogP contribution in [0.2, 0.25) is 0 Å². The average molecular weight is 175 g/mol. The summed E-state index contributed by atoms with van der Waals surface area (Å²) in [6.07, 6.45) is 1.23. The van der Waals surface area contributed by atoms with E-state index in [1.807, 2.05) is 0 Å². The van der Waals surface area contributed by atoms with Crippen molar-refractivity contribution in [2.75, 3.05) is 11.9 Å². The zero-order chi connectivity index (χ0) is 9.47. The molecule has 0 radical (unpaired) electrons. The zero-order valence-electron chi connectivity index (χ0n) is 8.65. The van der Waals surface area contributed by atoms with E-state index in [0.29, 0.717) is 5.41 Å². The Balaban J connectivity index is 2.61. The first-order chi connectivity index (χ1) is 6.11. The SMILES string of the molecule is Cc1cccc2c1C(C)(C)CCN2. The number of fused-ring (bicyclic) bond motifs is 1. The molecule has 1 aromatic rings. The van der Waals surface area contributed by atoms with Crippen molar-refractivity contribution in [1.82, 2.24) is 0 Å². The van der Waals surface area contributed by atoms with Crippen molar-refractivity contribution in [3.05, 3.63) is 29.3 Å². The Morgan fingerprint density at radius 2 is 2.08 bits per heavy atom. The maximum atomic E-state index is 3.46. The van der Waals surface area contributed by atoms with Gasteiger partial charge in [0.1, 0.15) is 0 Å². The van der Waals surface area contributed by atoms with Gasteiger partial charge in [-0.25, -0.2) is 0 Å². The molecule has 70 valence electrons. The molecule has 0 saturated carbocycles. The summed E-state index contributed by atoms with van der Waals surface area (Å²) in [5, 5.41) is 3.46. The number of anilines is 1. The molecule has 0 amide bonds. The second kappa shape index (κ2) is 2.76. The molecule has 0 saturated heterocycles. The van der Waals surface area contributed by atoms with Crippen LogP contribution < -0.4 is 5.32 Å². The maximum absolute atomic E-state index is 3.46. The lowest BCUT2D eigenvalue weighted by Gasteiger charge is -2.34. The van der Waals surface area contributed by atoms with Gasteiger partial charge in [0.25, 0.3) is 0 Å². The molecule has 0 spiro atoms. The number of hydrogen-bond donors (Lipinski definition) is 1. The highest BCUT2D eigenvalue weighted by atomic mass is 14.9. The molecule has 1 heterocycles. The Bertz CT molecular complexity index is 326. The molecule has 2 rings (SSSR count). The lowest BCUT2D eigenvalue weighted by molar-refractivity contribution is 0.479. The molecule has 0 atom stereocenters. The lowest BCUT2D eigenvalue weighted by Crippen LogP contribution is -2.29. The van der Waals surface area contributed by atoms with Crippen LogP contribution in [0.4, 0.5) is 5.69 Å². The van der Waals surface area contributed by atoms with Crippen molar-refractivity contribution >= 4 is 5.69 Å². The molecule has 1 nitrogen and oxygen atoms in total. The Morgan fingerprint density at radius 1 is 1.31 bits per heavy atom. The number of hydrogen-bond acceptors (Lipinski definition) is 1. The molecule has 1 N–H and O–H groups in total. The third kappa shape index (κ3) is 1.32. The lowest BCUT2D eigenvalue weighted by atomic mass is 9.76. The van der Waals surface area contributed by atoms with Crippen molar-refractivity contribution < 1.29 is 0 Å². The standard InChI is InChI=1S/C12H17N/c1-9-5-4-6-10-11(9)12(2,3)7-8-13-10/h4-6,13H,7-8H2,1-3H3. The fourth-order valence-electron chi connectivity index (χ4n) is 2.35. The van der Waals surface area contributed by atoms with Gasteiger partial charge in [-0.2, -0.15) is 0 Å². The number of benzene rings is 1. The van der Waals surface area contributed by atoms with Gasteiger partial charge in [0, 0.05) is 12.2 Å². The minimum absolute atomic E-state index is 0.339. The minimum Gasteiger partial charge on any atom is -0.385 e. The van der Waals surface area contributed by atoms with E-state index in [2.05, 4.69) is 44.3 Å². The van der Waals surface area contributed by atoms with E-state index in [-0.39, 0.29) is 0 Å². The Morgan fingerprint density at radius 3 is 2.77 bits per heavy atom. The van der Waals surface area contributed by atoms with Crippen molar-refractivity contribution in [2.24, 2.45) is 0 Å². The van der Waals surface area contributed by atoms with Crippen LogP contribution in [0, 0.1) is 6.92 Å². The topological polar surface area (TPSA) is 12.0 Å². The predicted octanol–water partition coefficient (Wildman–Crippen LogP) is 3.09. The van der Waals surface area contributed by atoms with E-state index >= 15 is 0 Å². The van der Waals surface area contributed by atoms with Gasteiger partial charge in [-0.1, -0.05) is 26.0 Å². The summed E-state index contributed by atoms with van der Waals surface area (Å²) < 4.78 is 0. The van der Waals surface area contributed by atoms with Gasteiger partial charge in [-0.3, -0.25) is 0 Å². The van der Waals surface area contributed by atoms with Crippen molar-refractivity contribution in [1.29, 1.82) is 0 Å². The van der Waals surface area contributed by atoms with Crippen LogP contribution in [0.15, 0.2) is 18.2 Å². The van der Waals surface area contributed by atoms with Crippen molar-refractivity contribution in [2.45, 2.75) is 32.6 Å². The van der Waals surface area contributed by atoms with E-state index in [9.17, 15) is 0 Å². The van der Waals surface area contributed by atoms with E-state index in [4.69, 9.17) is 0 Å². The van der Waals surface area contributed by atoms with Gasteiger partial charge in [0.05, 0.1) is 0 Å². The Labute approximate surface area is 80.2 Å². The molecule has 0 aliphatic carbocycles. The van der Waals surface area contributed by atoms with E-state index < -0.39 is 0 Å². The number of nitrogens with one attached hydrogen (secondary N) is 1. The molecule has 1 aliphatic rings. The van der Waals surface area contributed by atoms with Crippen LogP contribution >= 0.6 is 0 Å². The number of aryl methyl sites for hydroxylation is 1. The fourth-order valence-corrected chi connectivity index (χ4v) is 2.35. The summed E-state index contributed by atoms with van der Waals surface area (Å²) in [5.41, 5.74) is 4.58. The summed E-state index contributed by atoms with van der Waals surface area (Å²) in [6, 6.07) is 6.51. The third-order valence-electron chi connectivity index (χ3n) is 3.02. The highest BCUT2D eigenvalue weighted by molar-refractivity contribution is 5.59. The van der Waals surface area contributed by atoms with Crippen LogP contribution in [-0.4, -0.2) is 6.54 Å². The zero-order valence-corrected chi connectivity index (χ0v) is 8.65. The van der Waals surface area contributed by atoms with Gasteiger partial charge in [-0.15, -0.1) is 0 Å². The largest absolute Gasteiger partial charge is 0.385 e. The predicted molar refractivity (Wildman–Crippen MR) is 57.3 cm³/mol. The fraction of sp³-hybridized carbons (Fsp3) is 0.500. The summed E-state index contributed by atoms with van der Waals surface area (Å²) in [6.45, 7) is 7.97.